The molecule has 78 valence electrons. The van der Waals surface area contributed by atoms with Gasteiger partial charge >= 0.3 is 5.97 Å². The van der Waals surface area contributed by atoms with Gasteiger partial charge < -0.3 is 14.9 Å². The minimum Gasteiger partial charge on any atom is -0.469 e. The maximum atomic E-state index is 10.7. The summed E-state index contributed by atoms with van der Waals surface area (Å²) in [5.41, 5.74) is 0. The Morgan fingerprint density at radius 1 is 1.38 bits per heavy atom. The molecule has 0 fully saturated rings. The zero-order chi connectivity index (χ0) is 10.3. The van der Waals surface area contributed by atoms with Crippen molar-refractivity contribution in [1.82, 2.24) is 0 Å². The van der Waals surface area contributed by atoms with E-state index in [0.29, 0.717) is 6.42 Å². The summed E-state index contributed by atoms with van der Waals surface area (Å²) in [5, 5.41) is 18.6. The second kappa shape index (κ2) is 6.86. The van der Waals surface area contributed by atoms with Crippen LogP contribution in [-0.2, 0) is 9.53 Å². The van der Waals surface area contributed by atoms with Crippen molar-refractivity contribution < 1.29 is 19.7 Å². The fourth-order valence-corrected chi connectivity index (χ4v) is 0.996. The molecule has 4 nitrogen and oxygen atoms in total. The highest BCUT2D eigenvalue weighted by molar-refractivity contribution is 5.69. The van der Waals surface area contributed by atoms with Crippen molar-refractivity contribution in [3.8, 4) is 0 Å². The Labute approximate surface area is 78.5 Å². The monoisotopic (exact) mass is 190 g/mol. The van der Waals surface area contributed by atoms with Gasteiger partial charge in [0.05, 0.1) is 25.7 Å². The van der Waals surface area contributed by atoms with Gasteiger partial charge in [-0.05, 0) is 6.42 Å². The number of ether oxygens (including phenoxy) is 1. The molecule has 0 saturated heterocycles. The normalized spacial score (nSPS) is 15.1. The first-order valence-corrected chi connectivity index (χ1v) is 4.54. The first-order valence-electron chi connectivity index (χ1n) is 4.54. The molecule has 0 spiro atoms. The van der Waals surface area contributed by atoms with Gasteiger partial charge in [0.1, 0.15) is 0 Å². The molecule has 0 aromatic heterocycles. The molecule has 2 atom stereocenters. The second-order valence-electron chi connectivity index (χ2n) is 3.06. The zero-order valence-corrected chi connectivity index (χ0v) is 8.19. The lowest BCUT2D eigenvalue weighted by Crippen LogP contribution is -2.28. The highest BCUT2D eigenvalue weighted by Gasteiger charge is 2.19. The predicted octanol–water partition coefficient (Wildman–Crippen LogP) is 0.461. The van der Waals surface area contributed by atoms with Gasteiger partial charge in [0, 0.05) is 0 Å². The SMILES string of the molecule is CCCC[C@H](O)[C@@H](O)CC(=O)OC. The van der Waals surface area contributed by atoms with Gasteiger partial charge in [-0.15, -0.1) is 0 Å². The molecule has 0 aromatic rings. The van der Waals surface area contributed by atoms with Gasteiger partial charge in [-0.2, -0.15) is 0 Å². The number of hydrogen-bond acceptors (Lipinski definition) is 4. The number of aliphatic hydroxyl groups is 2. The standard InChI is InChI=1S/C9H18O4/c1-3-4-5-7(10)8(11)6-9(12)13-2/h7-8,10-11H,3-6H2,1-2H3/t7-,8-/m0/s1. The molecule has 0 bridgehead atoms. The number of carbonyl (C=O) groups is 1. The number of esters is 1. The molecule has 0 amide bonds. The molecular weight excluding hydrogens is 172 g/mol. The van der Waals surface area contributed by atoms with E-state index in [1.807, 2.05) is 6.92 Å². The van der Waals surface area contributed by atoms with Crippen LogP contribution in [0, 0.1) is 0 Å². The van der Waals surface area contributed by atoms with Crippen LogP contribution in [0.1, 0.15) is 32.6 Å². The van der Waals surface area contributed by atoms with E-state index in [1.54, 1.807) is 0 Å². The molecule has 13 heavy (non-hydrogen) atoms. The van der Waals surface area contributed by atoms with Crippen LogP contribution in [0.15, 0.2) is 0 Å². The molecule has 0 aliphatic heterocycles. The lowest BCUT2D eigenvalue weighted by Gasteiger charge is -2.15. The van der Waals surface area contributed by atoms with E-state index in [9.17, 15) is 15.0 Å². The smallest absolute Gasteiger partial charge is 0.308 e. The lowest BCUT2D eigenvalue weighted by molar-refractivity contribution is -0.144. The highest BCUT2D eigenvalue weighted by Crippen LogP contribution is 2.08. The summed E-state index contributed by atoms with van der Waals surface area (Å²) in [5.74, 6) is -0.497. The summed E-state index contributed by atoms with van der Waals surface area (Å²) >= 11 is 0. The third kappa shape index (κ3) is 5.60. The molecule has 2 N–H and O–H groups in total. The molecule has 0 saturated carbocycles. The molecular formula is C9H18O4. The van der Waals surface area contributed by atoms with Crippen molar-refractivity contribution in [1.29, 1.82) is 0 Å². The first kappa shape index (κ1) is 12.4. The molecule has 0 radical (unpaired) electrons. The summed E-state index contributed by atoms with van der Waals surface area (Å²) in [6, 6.07) is 0. The first-order chi connectivity index (χ1) is 6.11. The third-order valence-corrected chi connectivity index (χ3v) is 1.90. The minimum absolute atomic E-state index is 0.138. The van der Waals surface area contributed by atoms with Crippen LogP contribution in [0.5, 0.6) is 0 Å². The van der Waals surface area contributed by atoms with Crippen LogP contribution in [0.3, 0.4) is 0 Å². The number of unbranched alkanes of at least 4 members (excludes halogenated alkanes) is 1. The highest BCUT2D eigenvalue weighted by atomic mass is 16.5. The van der Waals surface area contributed by atoms with E-state index < -0.39 is 18.2 Å². The Balaban J connectivity index is 3.68. The van der Waals surface area contributed by atoms with E-state index in [4.69, 9.17) is 0 Å². The Bertz CT molecular complexity index is 147. The third-order valence-electron chi connectivity index (χ3n) is 1.90. The maximum absolute atomic E-state index is 10.7. The van der Waals surface area contributed by atoms with Crippen LogP contribution in [0.2, 0.25) is 0 Å². The van der Waals surface area contributed by atoms with E-state index in [-0.39, 0.29) is 6.42 Å². The molecule has 4 heteroatoms. The quantitative estimate of drug-likeness (QED) is 0.597. The van der Waals surface area contributed by atoms with Crippen LogP contribution < -0.4 is 0 Å². The van der Waals surface area contributed by atoms with Crippen LogP contribution in [0.4, 0.5) is 0 Å². The molecule has 0 unspecified atom stereocenters. The van der Waals surface area contributed by atoms with Crippen molar-refractivity contribution in [3.05, 3.63) is 0 Å². The van der Waals surface area contributed by atoms with Crippen LogP contribution >= 0.6 is 0 Å². The molecule has 0 rings (SSSR count). The van der Waals surface area contributed by atoms with Crippen LogP contribution in [-0.4, -0.2) is 35.5 Å². The molecule has 0 aliphatic rings. The minimum atomic E-state index is -1.00. The number of carbonyl (C=O) groups excluding carboxylic acids is 1. The van der Waals surface area contributed by atoms with Gasteiger partial charge in [-0.1, -0.05) is 19.8 Å². The summed E-state index contributed by atoms with van der Waals surface area (Å²) in [4.78, 5) is 10.7. The lowest BCUT2D eigenvalue weighted by atomic mass is 10.1. The largest absolute Gasteiger partial charge is 0.469 e. The van der Waals surface area contributed by atoms with E-state index in [1.165, 1.54) is 7.11 Å². The van der Waals surface area contributed by atoms with E-state index in [2.05, 4.69) is 4.74 Å². The zero-order valence-electron chi connectivity index (χ0n) is 8.19. The Hall–Kier alpha value is -0.610. The number of methoxy groups -OCH3 is 1. The second-order valence-corrected chi connectivity index (χ2v) is 3.06. The summed E-state index contributed by atoms with van der Waals surface area (Å²) in [6.45, 7) is 2.00. The van der Waals surface area contributed by atoms with Gasteiger partial charge in [-0.25, -0.2) is 0 Å². The fraction of sp³-hybridized carbons (Fsp3) is 0.889. The van der Waals surface area contributed by atoms with Crippen molar-refractivity contribution in [2.24, 2.45) is 0 Å². The van der Waals surface area contributed by atoms with E-state index in [0.717, 1.165) is 12.8 Å². The average molecular weight is 190 g/mol. The Morgan fingerprint density at radius 3 is 2.46 bits per heavy atom. The topological polar surface area (TPSA) is 66.8 Å². The predicted molar refractivity (Wildman–Crippen MR) is 48.2 cm³/mol. The number of rotatable bonds is 6. The van der Waals surface area contributed by atoms with Crippen molar-refractivity contribution in [2.45, 2.75) is 44.8 Å². The van der Waals surface area contributed by atoms with Gasteiger partial charge in [0.25, 0.3) is 0 Å². The van der Waals surface area contributed by atoms with E-state index >= 15 is 0 Å². The number of aliphatic hydroxyl groups excluding tert-OH is 2. The van der Waals surface area contributed by atoms with Gasteiger partial charge in [0.15, 0.2) is 0 Å². The van der Waals surface area contributed by atoms with Gasteiger partial charge in [0.2, 0.25) is 0 Å². The number of hydrogen-bond donors (Lipinski definition) is 2. The van der Waals surface area contributed by atoms with Crippen molar-refractivity contribution >= 4 is 5.97 Å². The summed E-state index contributed by atoms with van der Waals surface area (Å²) < 4.78 is 4.37. The Kier molecular flexibility index (Phi) is 6.54. The van der Waals surface area contributed by atoms with Crippen LogP contribution in [0.25, 0.3) is 0 Å². The summed E-state index contributed by atoms with van der Waals surface area (Å²) in [7, 11) is 1.26. The molecule has 0 heterocycles. The van der Waals surface area contributed by atoms with Crippen molar-refractivity contribution in [3.63, 3.8) is 0 Å². The fourth-order valence-electron chi connectivity index (χ4n) is 0.996. The Morgan fingerprint density at radius 2 is 2.00 bits per heavy atom. The maximum Gasteiger partial charge on any atom is 0.308 e. The van der Waals surface area contributed by atoms with Gasteiger partial charge in [-0.3, -0.25) is 4.79 Å². The molecule has 0 aromatic carbocycles. The summed E-state index contributed by atoms with van der Waals surface area (Å²) in [6.07, 6.45) is 0.371. The van der Waals surface area contributed by atoms with Crippen molar-refractivity contribution in [2.75, 3.05) is 7.11 Å². The molecule has 0 aliphatic carbocycles. The average Bonchev–Trinajstić information content (AvgIpc) is 2.13.